The molecule has 1 aliphatic heterocycles. The van der Waals surface area contributed by atoms with Crippen LogP contribution in [0.1, 0.15) is 47.7 Å². The van der Waals surface area contributed by atoms with Gasteiger partial charge in [-0.1, -0.05) is 30.3 Å². The van der Waals surface area contributed by atoms with Gasteiger partial charge in [-0.3, -0.25) is 0 Å². The quantitative estimate of drug-likeness (QED) is 0.507. The molecule has 164 valence electrons. The van der Waals surface area contributed by atoms with Gasteiger partial charge >= 0.3 is 6.36 Å². The number of nitrogens with zero attached hydrogens (tertiary/aromatic N) is 1. The maximum absolute atomic E-state index is 12.6. The number of nitrogens with one attached hydrogen (secondary N) is 1. The normalized spacial score (nSPS) is 16.4. The lowest BCUT2D eigenvalue weighted by Gasteiger charge is -2.31. The smallest absolute Gasteiger partial charge is 0.406 e. The second kappa shape index (κ2) is 8.56. The molecule has 1 aliphatic rings. The fraction of sp³-hybridized carbons (Fsp3) is 0.240. The summed E-state index contributed by atoms with van der Waals surface area (Å²) in [5.74, 6) is -0.246. The van der Waals surface area contributed by atoms with Gasteiger partial charge in [0, 0.05) is 11.7 Å². The number of nitrogens with two attached hydrogens (primary N) is 1. The molecule has 3 N–H and O–H groups in total. The molecular weight excluding hydrogens is 415 g/mol. The highest BCUT2D eigenvalue weighted by atomic mass is 19.4. The summed E-state index contributed by atoms with van der Waals surface area (Å²) in [6.45, 7) is 1.91. The van der Waals surface area contributed by atoms with Crippen molar-refractivity contribution in [1.29, 1.82) is 5.26 Å². The SMILES string of the molecule is CC(N)c1ccc(C#N)cc1C1CCc2c(cccc2-c2cccc(OC(F)(F)F)c2)N1. The zero-order valence-corrected chi connectivity index (χ0v) is 17.4. The molecule has 1 heterocycles. The van der Waals surface area contributed by atoms with Crippen molar-refractivity contribution in [1.82, 2.24) is 0 Å². The Morgan fingerprint density at radius 2 is 1.91 bits per heavy atom. The van der Waals surface area contributed by atoms with Crippen molar-refractivity contribution in [3.05, 3.63) is 82.9 Å². The molecule has 0 spiro atoms. The Morgan fingerprint density at radius 3 is 2.62 bits per heavy atom. The number of hydrogen-bond acceptors (Lipinski definition) is 4. The zero-order chi connectivity index (χ0) is 22.9. The third-order valence-electron chi connectivity index (χ3n) is 5.65. The van der Waals surface area contributed by atoms with Gasteiger partial charge in [0.1, 0.15) is 5.75 Å². The van der Waals surface area contributed by atoms with Gasteiger partial charge in [-0.2, -0.15) is 5.26 Å². The average molecular weight is 437 g/mol. The van der Waals surface area contributed by atoms with Crippen LogP contribution < -0.4 is 15.8 Å². The molecule has 0 fully saturated rings. The second-order valence-corrected chi connectivity index (χ2v) is 7.89. The number of fused-ring (bicyclic) bond motifs is 1. The molecule has 3 aromatic carbocycles. The summed E-state index contributed by atoms with van der Waals surface area (Å²) in [5.41, 5.74) is 12.2. The van der Waals surface area contributed by atoms with Gasteiger partial charge in [0.15, 0.2) is 0 Å². The lowest BCUT2D eigenvalue weighted by molar-refractivity contribution is -0.274. The van der Waals surface area contributed by atoms with Crippen LogP contribution in [0.25, 0.3) is 11.1 Å². The van der Waals surface area contributed by atoms with Crippen molar-refractivity contribution in [3.63, 3.8) is 0 Å². The van der Waals surface area contributed by atoms with Gasteiger partial charge in [0.25, 0.3) is 0 Å². The Labute approximate surface area is 184 Å². The van der Waals surface area contributed by atoms with Crippen LogP contribution in [0.5, 0.6) is 5.75 Å². The Morgan fingerprint density at radius 1 is 1.12 bits per heavy atom. The van der Waals surface area contributed by atoms with Crippen LogP contribution >= 0.6 is 0 Å². The maximum Gasteiger partial charge on any atom is 0.573 e. The highest BCUT2D eigenvalue weighted by Gasteiger charge is 2.31. The van der Waals surface area contributed by atoms with Crippen LogP contribution in [0, 0.1) is 11.3 Å². The number of ether oxygens (including phenoxy) is 1. The number of halogens is 3. The molecule has 0 saturated heterocycles. The first-order valence-electron chi connectivity index (χ1n) is 10.3. The Balaban J connectivity index is 1.68. The van der Waals surface area contributed by atoms with E-state index in [1.807, 2.05) is 37.3 Å². The number of nitriles is 1. The van der Waals surface area contributed by atoms with E-state index in [1.54, 1.807) is 18.2 Å². The highest BCUT2D eigenvalue weighted by Crippen LogP contribution is 2.40. The molecule has 0 radical (unpaired) electrons. The van der Waals surface area contributed by atoms with Crippen molar-refractivity contribution in [2.75, 3.05) is 5.32 Å². The molecule has 32 heavy (non-hydrogen) atoms. The van der Waals surface area contributed by atoms with E-state index < -0.39 is 6.36 Å². The van der Waals surface area contributed by atoms with E-state index >= 15 is 0 Å². The summed E-state index contributed by atoms with van der Waals surface area (Å²) >= 11 is 0. The van der Waals surface area contributed by atoms with Gasteiger partial charge in [-0.15, -0.1) is 13.2 Å². The van der Waals surface area contributed by atoms with Gasteiger partial charge in [-0.05, 0) is 77.9 Å². The molecule has 0 bridgehead atoms. The van der Waals surface area contributed by atoms with E-state index in [0.29, 0.717) is 11.1 Å². The van der Waals surface area contributed by atoms with Crippen LogP contribution in [-0.4, -0.2) is 6.36 Å². The Hall–Kier alpha value is -3.50. The Bertz CT molecular complexity index is 1180. The lowest BCUT2D eigenvalue weighted by atomic mass is 9.85. The summed E-state index contributed by atoms with van der Waals surface area (Å²) in [6, 6.07) is 19.3. The van der Waals surface area contributed by atoms with Gasteiger partial charge < -0.3 is 15.8 Å². The fourth-order valence-corrected chi connectivity index (χ4v) is 4.27. The third kappa shape index (κ3) is 4.56. The summed E-state index contributed by atoms with van der Waals surface area (Å²) in [7, 11) is 0. The minimum atomic E-state index is -4.74. The first-order chi connectivity index (χ1) is 15.2. The standard InChI is InChI=1S/C25H22F3N3O/c1-15(30)19-9-8-16(14-29)12-22(19)24-11-10-21-20(6-3-7-23(21)31-24)17-4-2-5-18(13-17)32-25(26,27)28/h2-9,12-13,15,24,31H,10-11,30H2,1H3. The van der Waals surface area contributed by atoms with Gasteiger partial charge in [-0.25, -0.2) is 0 Å². The summed E-state index contributed by atoms with van der Waals surface area (Å²) in [4.78, 5) is 0. The van der Waals surface area contributed by atoms with E-state index in [-0.39, 0.29) is 17.8 Å². The van der Waals surface area contributed by atoms with Crippen LogP contribution in [0.3, 0.4) is 0 Å². The minimum absolute atomic E-state index is 0.0213. The monoisotopic (exact) mass is 437 g/mol. The van der Waals surface area contributed by atoms with E-state index in [2.05, 4.69) is 16.1 Å². The molecule has 0 aromatic heterocycles. The summed E-state index contributed by atoms with van der Waals surface area (Å²) in [6.07, 6.45) is -3.25. The van der Waals surface area contributed by atoms with E-state index in [9.17, 15) is 18.4 Å². The highest BCUT2D eigenvalue weighted by molar-refractivity contribution is 5.76. The van der Waals surface area contributed by atoms with E-state index in [0.717, 1.165) is 40.8 Å². The van der Waals surface area contributed by atoms with Crippen molar-refractivity contribution in [2.45, 2.75) is 38.2 Å². The van der Waals surface area contributed by atoms with Crippen LogP contribution in [0.15, 0.2) is 60.7 Å². The fourth-order valence-electron chi connectivity index (χ4n) is 4.27. The van der Waals surface area contributed by atoms with Crippen molar-refractivity contribution in [3.8, 4) is 22.9 Å². The summed E-state index contributed by atoms with van der Waals surface area (Å²) < 4.78 is 42.0. The second-order valence-electron chi connectivity index (χ2n) is 7.89. The number of rotatable bonds is 4. The molecule has 7 heteroatoms. The first kappa shape index (κ1) is 21.7. The third-order valence-corrected chi connectivity index (χ3v) is 5.65. The molecule has 4 nitrogen and oxygen atoms in total. The average Bonchev–Trinajstić information content (AvgIpc) is 2.76. The van der Waals surface area contributed by atoms with E-state index in [4.69, 9.17) is 5.73 Å². The Kier molecular flexibility index (Phi) is 5.81. The maximum atomic E-state index is 12.6. The van der Waals surface area contributed by atoms with E-state index in [1.165, 1.54) is 12.1 Å². The van der Waals surface area contributed by atoms with Gasteiger partial charge in [0.2, 0.25) is 0 Å². The molecule has 2 atom stereocenters. The predicted molar refractivity (Wildman–Crippen MR) is 117 cm³/mol. The summed E-state index contributed by atoms with van der Waals surface area (Å²) in [5, 5.41) is 12.9. The zero-order valence-electron chi connectivity index (χ0n) is 17.4. The number of benzene rings is 3. The topological polar surface area (TPSA) is 71.1 Å². The van der Waals surface area contributed by atoms with Crippen molar-refractivity contribution < 1.29 is 17.9 Å². The predicted octanol–water partition coefficient (Wildman–Crippen LogP) is 6.24. The molecule has 0 saturated carbocycles. The van der Waals surface area contributed by atoms with Gasteiger partial charge in [0.05, 0.1) is 17.7 Å². The molecule has 0 amide bonds. The molecular formula is C25H22F3N3O. The lowest BCUT2D eigenvalue weighted by Crippen LogP contribution is -2.21. The van der Waals surface area contributed by atoms with Crippen LogP contribution in [-0.2, 0) is 6.42 Å². The number of hydrogen-bond donors (Lipinski definition) is 2. The largest absolute Gasteiger partial charge is 0.573 e. The van der Waals surface area contributed by atoms with Crippen molar-refractivity contribution >= 4 is 5.69 Å². The molecule has 3 aromatic rings. The molecule has 4 rings (SSSR count). The first-order valence-corrected chi connectivity index (χ1v) is 10.3. The van der Waals surface area contributed by atoms with Crippen LogP contribution in [0.2, 0.25) is 0 Å². The number of anilines is 1. The minimum Gasteiger partial charge on any atom is -0.406 e. The molecule has 2 unspecified atom stereocenters. The van der Waals surface area contributed by atoms with Crippen LogP contribution in [0.4, 0.5) is 18.9 Å². The molecule has 0 aliphatic carbocycles. The van der Waals surface area contributed by atoms with Crippen molar-refractivity contribution in [2.24, 2.45) is 5.73 Å². The number of alkyl halides is 3.